The summed E-state index contributed by atoms with van der Waals surface area (Å²) in [5.41, 5.74) is 1.51. The van der Waals surface area contributed by atoms with E-state index in [2.05, 4.69) is 10.1 Å². The summed E-state index contributed by atoms with van der Waals surface area (Å²) in [6.45, 7) is 1.90. The van der Waals surface area contributed by atoms with Crippen LogP contribution < -0.4 is 5.32 Å². The SMILES string of the molecule is COC(=O)c1ccc(F)c(NC(C)c2ccc(Cl)cc2)c1. The fourth-order valence-electron chi connectivity index (χ4n) is 1.95. The normalized spacial score (nSPS) is 11.8. The highest BCUT2D eigenvalue weighted by atomic mass is 35.5. The molecule has 0 bridgehead atoms. The second kappa shape index (κ2) is 6.59. The number of hydrogen-bond donors (Lipinski definition) is 1. The number of carbonyl (C=O) groups is 1. The Labute approximate surface area is 127 Å². The van der Waals surface area contributed by atoms with Gasteiger partial charge in [0.1, 0.15) is 5.82 Å². The number of halogens is 2. The van der Waals surface area contributed by atoms with Crippen molar-refractivity contribution in [1.82, 2.24) is 0 Å². The molecule has 0 radical (unpaired) electrons. The predicted octanol–water partition coefficient (Wildman–Crippen LogP) is 4.44. The summed E-state index contributed by atoms with van der Waals surface area (Å²) in [4.78, 5) is 11.5. The summed E-state index contributed by atoms with van der Waals surface area (Å²) in [5.74, 6) is -0.930. The lowest BCUT2D eigenvalue weighted by Gasteiger charge is -2.17. The average Bonchev–Trinajstić information content (AvgIpc) is 2.49. The molecule has 0 saturated heterocycles. The average molecular weight is 308 g/mol. The van der Waals surface area contributed by atoms with Crippen molar-refractivity contribution in [2.75, 3.05) is 12.4 Å². The van der Waals surface area contributed by atoms with Gasteiger partial charge in [-0.25, -0.2) is 9.18 Å². The number of rotatable bonds is 4. The molecule has 0 aliphatic heterocycles. The van der Waals surface area contributed by atoms with Crippen LogP contribution in [0.5, 0.6) is 0 Å². The van der Waals surface area contributed by atoms with Crippen LogP contribution >= 0.6 is 11.6 Å². The molecule has 0 aliphatic rings. The van der Waals surface area contributed by atoms with E-state index in [1.165, 1.54) is 25.3 Å². The quantitative estimate of drug-likeness (QED) is 0.849. The standard InChI is InChI=1S/C16H15ClFNO2/c1-10(11-3-6-13(17)7-4-11)19-15-9-12(16(20)21-2)5-8-14(15)18/h3-10,19H,1-2H3. The maximum atomic E-state index is 13.8. The highest BCUT2D eigenvalue weighted by Crippen LogP contribution is 2.24. The second-order valence-corrected chi connectivity index (χ2v) is 5.04. The van der Waals surface area contributed by atoms with E-state index in [-0.39, 0.29) is 11.7 Å². The first-order chi connectivity index (χ1) is 10.0. The van der Waals surface area contributed by atoms with E-state index in [0.717, 1.165) is 5.56 Å². The van der Waals surface area contributed by atoms with Crippen molar-refractivity contribution in [3.63, 3.8) is 0 Å². The van der Waals surface area contributed by atoms with Gasteiger partial charge in [-0.05, 0) is 42.8 Å². The molecule has 0 saturated carbocycles. The maximum absolute atomic E-state index is 13.8. The van der Waals surface area contributed by atoms with Crippen LogP contribution in [0.15, 0.2) is 42.5 Å². The predicted molar refractivity (Wildman–Crippen MR) is 81.2 cm³/mol. The number of anilines is 1. The summed E-state index contributed by atoms with van der Waals surface area (Å²) in [5, 5.41) is 3.68. The largest absolute Gasteiger partial charge is 0.465 e. The van der Waals surface area contributed by atoms with Gasteiger partial charge in [0.25, 0.3) is 0 Å². The molecule has 0 aliphatic carbocycles. The number of benzene rings is 2. The van der Waals surface area contributed by atoms with Crippen molar-refractivity contribution >= 4 is 23.3 Å². The minimum Gasteiger partial charge on any atom is -0.465 e. The van der Waals surface area contributed by atoms with Crippen LogP contribution in [-0.2, 0) is 4.74 Å². The van der Waals surface area contributed by atoms with Gasteiger partial charge >= 0.3 is 5.97 Å². The van der Waals surface area contributed by atoms with Crippen molar-refractivity contribution in [2.24, 2.45) is 0 Å². The fraction of sp³-hybridized carbons (Fsp3) is 0.188. The van der Waals surface area contributed by atoms with E-state index in [9.17, 15) is 9.18 Å². The van der Waals surface area contributed by atoms with Gasteiger partial charge in [-0.3, -0.25) is 0 Å². The lowest BCUT2D eigenvalue weighted by Crippen LogP contribution is -2.09. The number of ether oxygens (including phenoxy) is 1. The van der Waals surface area contributed by atoms with Gasteiger partial charge in [0.05, 0.1) is 18.4 Å². The van der Waals surface area contributed by atoms with Crippen LogP contribution in [0.4, 0.5) is 10.1 Å². The van der Waals surface area contributed by atoms with Gasteiger partial charge in [-0.15, -0.1) is 0 Å². The Balaban J connectivity index is 2.22. The Morgan fingerprint density at radius 1 is 1.24 bits per heavy atom. The van der Waals surface area contributed by atoms with Crippen molar-refractivity contribution in [3.05, 3.63) is 64.4 Å². The molecule has 0 amide bonds. The Kier molecular flexibility index (Phi) is 4.81. The Hall–Kier alpha value is -2.07. The summed E-state index contributed by atoms with van der Waals surface area (Å²) in [7, 11) is 1.29. The molecule has 110 valence electrons. The molecule has 1 N–H and O–H groups in total. The lowest BCUT2D eigenvalue weighted by molar-refractivity contribution is 0.0600. The van der Waals surface area contributed by atoms with Crippen molar-refractivity contribution in [2.45, 2.75) is 13.0 Å². The first-order valence-corrected chi connectivity index (χ1v) is 6.79. The van der Waals surface area contributed by atoms with E-state index in [0.29, 0.717) is 10.6 Å². The van der Waals surface area contributed by atoms with E-state index in [1.807, 2.05) is 19.1 Å². The van der Waals surface area contributed by atoms with Gasteiger partial charge in [-0.2, -0.15) is 0 Å². The van der Waals surface area contributed by atoms with Crippen molar-refractivity contribution in [3.8, 4) is 0 Å². The summed E-state index contributed by atoms with van der Waals surface area (Å²) >= 11 is 5.84. The van der Waals surface area contributed by atoms with Crippen LogP contribution in [0.25, 0.3) is 0 Å². The van der Waals surface area contributed by atoms with Crippen LogP contribution in [0.2, 0.25) is 5.02 Å². The molecule has 2 rings (SSSR count). The van der Waals surface area contributed by atoms with E-state index in [4.69, 9.17) is 11.6 Å². The van der Waals surface area contributed by atoms with Crippen molar-refractivity contribution < 1.29 is 13.9 Å². The molecule has 21 heavy (non-hydrogen) atoms. The molecular weight excluding hydrogens is 293 g/mol. The number of carbonyl (C=O) groups excluding carboxylic acids is 1. The number of esters is 1. The minimum absolute atomic E-state index is 0.135. The van der Waals surface area contributed by atoms with Gasteiger partial charge in [0, 0.05) is 11.1 Å². The minimum atomic E-state index is -0.503. The highest BCUT2D eigenvalue weighted by Gasteiger charge is 2.12. The van der Waals surface area contributed by atoms with Gasteiger partial charge in [0.15, 0.2) is 0 Å². The Morgan fingerprint density at radius 3 is 2.52 bits per heavy atom. The number of hydrogen-bond acceptors (Lipinski definition) is 3. The van der Waals surface area contributed by atoms with Crippen LogP contribution in [0.1, 0.15) is 28.9 Å². The maximum Gasteiger partial charge on any atom is 0.337 e. The summed E-state index contributed by atoms with van der Waals surface area (Å²) in [6, 6.07) is 11.2. The summed E-state index contributed by atoms with van der Waals surface area (Å²) in [6.07, 6.45) is 0. The van der Waals surface area contributed by atoms with Crippen LogP contribution in [0, 0.1) is 5.82 Å². The zero-order valence-corrected chi connectivity index (χ0v) is 12.4. The Bertz CT molecular complexity index is 643. The van der Waals surface area contributed by atoms with Gasteiger partial charge in [-0.1, -0.05) is 23.7 Å². The Morgan fingerprint density at radius 2 is 1.90 bits per heavy atom. The van der Waals surface area contributed by atoms with Crippen molar-refractivity contribution in [1.29, 1.82) is 0 Å². The second-order valence-electron chi connectivity index (χ2n) is 4.60. The molecule has 5 heteroatoms. The van der Waals surface area contributed by atoms with Crippen LogP contribution in [-0.4, -0.2) is 13.1 Å². The van der Waals surface area contributed by atoms with E-state index >= 15 is 0 Å². The number of nitrogens with one attached hydrogen (secondary N) is 1. The molecule has 0 heterocycles. The monoisotopic (exact) mass is 307 g/mol. The first kappa shape index (κ1) is 15.3. The highest BCUT2D eigenvalue weighted by molar-refractivity contribution is 6.30. The summed E-state index contributed by atoms with van der Waals surface area (Å²) < 4.78 is 18.5. The smallest absolute Gasteiger partial charge is 0.337 e. The van der Waals surface area contributed by atoms with Gasteiger partial charge < -0.3 is 10.1 Å². The first-order valence-electron chi connectivity index (χ1n) is 6.41. The lowest BCUT2D eigenvalue weighted by atomic mass is 10.1. The molecule has 2 aromatic rings. The zero-order valence-electron chi connectivity index (χ0n) is 11.7. The van der Waals surface area contributed by atoms with Gasteiger partial charge in [0.2, 0.25) is 0 Å². The zero-order chi connectivity index (χ0) is 15.4. The molecule has 2 aromatic carbocycles. The third-order valence-corrected chi connectivity index (χ3v) is 3.38. The molecule has 3 nitrogen and oxygen atoms in total. The number of methoxy groups -OCH3 is 1. The van der Waals surface area contributed by atoms with Crippen LogP contribution in [0.3, 0.4) is 0 Å². The van der Waals surface area contributed by atoms with E-state index < -0.39 is 11.8 Å². The third kappa shape index (κ3) is 3.73. The van der Waals surface area contributed by atoms with E-state index in [1.54, 1.807) is 12.1 Å². The fourth-order valence-corrected chi connectivity index (χ4v) is 2.07. The molecule has 0 spiro atoms. The molecule has 0 aromatic heterocycles. The molecular formula is C16H15ClFNO2. The molecule has 1 unspecified atom stereocenters. The molecule has 1 atom stereocenters. The third-order valence-electron chi connectivity index (χ3n) is 3.13. The molecule has 0 fully saturated rings. The topological polar surface area (TPSA) is 38.3 Å².